The molecule has 3 aromatic carbocycles. The van der Waals surface area contributed by atoms with Crippen molar-refractivity contribution in [2.24, 2.45) is 0 Å². The number of halogens is 2. The van der Waals surface area contributed by atoms with Gasteiger partial charge < -0.3 is 9.97 Å². The largest absolute Gasteiger partial charge is 0.361 e. The summed E-state index contributed by atoms with van der Waals surface area (Å²) in [6.45, 7) is 2.15. The molecule has 0 unspecified atom stereocenters. The van der Waals surface area contributed by atoms with Gasteiger partial charge in [-0.1, -0.05) is 61.7 Å². The second-order valence-electron chi connectivity index (χ2n) is 7.21. The highest BCUT2D eigenvalue weighted by molar-refractivity contribution is 9.10. The maximum atomic E-state index is 3.64. The Kier molecular flexibility index (Phi) is 4.41. The summed E-state index contributed by atoms with van der Waals surface area (Å²) in [6, 6.07) is 21.6. The topological polar surface area (TPSA) is 31.6 Å². The second kappa shape index (κ2) is 6.94. The fourth-order valence-corrected chi connectivity index (χ4v) is 4.81. The maximum Gasteiger partial charge on any atom is 0.0457 e. The van der Waals surface area contributed by atoms with Crippen molar-refractivity contribution in [3.05, 3.63) is 104 Å². The van der Waals surface area contributed by atoms with Crippen LogP contribution in [-0.4, -0.2) is 9.97 Å². The van der Waals surface area contributed by atoms with E-state index in [4.69, 9.17) is 0 Å². The lowest BCUT2D eigenvalue weighted by atomic mass is 9.84. The van der Waals surface area contributed by atoms with E-state index in [1.165, 1.54) is 33.0 Å². The molecule has 5 aromatic rings. The Bertz CT molecular complexity index is 1230. The zero-order chi connectivity index (χ0) is 19.3. The third-order valence-electron chi connectivity index (χ3n) is 5.35. The zero-order valence-electron chi connectivity index (χ0n) is 15.3. The first-order chi connectivity index (χ1) is 13.6. The van der Waals surface area contributed by atoms with Crippen LogP contribution in [0, 0.1) is 6.92 Å². The Morgan fingerprint density at radius 3 is 1.82 bits per heavy atom. The quantitative estimate of drug-likeness (QED) is 0.258. The Morgan fingerprint density at radius 1 is 0.714 bits per heavy atom. The van der Waals surface area contributed by atoms with Crippen LogP contribution in [0.2, 0.25) is 0 Å². The summed E-state index contributed by atoms with van der Waals surface area (Å²) < 4.78 is 2.18. The maximum absolute atomic E-state index is 3.64. The van der Waals surface area contributed by atoms with E-state index in [2.05, 4.69) is 122 Å². The summed E-state index contributed by atoms with van der Waals surface area (Å²) in [5, 5.41) is 2.48. The van der Waals surface area contributed by atoms with Crippen molar-refractivity contribution in [2.45, 2.75) is 12.8 Å². The molecule has 5 rings (SSSR count). The lowest BCUT2D eigenvalue weighted by Crippen LogP contribution is -2.02. The number of hydrogen-bond acceptors (Lipinski definition) is 0. The van der Waals surface area contributed by atoms with Crippen LogP contribution in [0.5, 0.6) is 0 Å². The van der Waals surface area contributed by atoms with Crippen molar-refractivity contribution in [3.63, 3.8) is 0 Å². The molecule has 0 aliphatic carbocycles. The number of aryl methyl sites for hydroxylation is 1. The SMILES string of the molecule is Cc1cccc(C(c2c[nH]c3ccc(Br)cc23)c2c[nH]c3ccc(Br)cc23)c1. The molecule has 4 heteroatoms. The lowest BCUT2D eigenvalue weighted by Gasteiger charge is -2.18. The molecule has 0 saturated carbocycles. The van der Waals surface area contributed by atoms with Crippen LogP contribution in [0.3, 0.4) is 0 Å². The number of hydrogen-bond donors (Lipinski definition) is 2. The first-order valence-corrected chi connectivity index (χ1v) is 10.8. The molecular formula is C24H18Br2N2. The number of fused-ring (bicyclic) bond motifs is 2. The van der Waals surface area contributed by atoms with E-state index in [1.54, 1.807) is 0 Å². The van der Waals surface area contributed by atoms with Crippen molar-refractivity contribution in [1.82, 2.24) is 9.97 Å². The smallest absolute Gasteiger partial charge is 0.0457 e. The van der Waals surface area contributed by atoms with Crippen LogP contribution in [0.15, 0.2) is 82.0 Å². The number of H-pyrrole nitrogens is 2. The minimum absolute atomic E-state index is 0.131. The van der Waals surface area contributed by atoms with Gasteiger partial charge in [-0.2, -0.15) is 0 Å². The molecule has 0 aliphatic heterocycles. The second-order valence-corrected chi connectivity index (χ2v) is 9.05. The van der Waals surface area contributed by atoms with Crippen molar-refractivity contribution >= 4 is 53.7 Å². The molecule has 2 nitrogen and oxygen atoms in total. The van der Waals surface area contributed by atoms with Gasteiger partial charge in [0.25, 0.3) is 0 Å². The molecule has 0 saturated heterocycles. The van der Waals surface area contributed by atoms with Crippen LogP contribution in [-0.2, 0) is 0 Å². The Balaban J connectivity index is 1.82. The zero-order valence-corrected chi connectivity index (χ0v) is 18.4. The van der Waals surface area contributed by atoms with E-state index in [0.29, 0.717) is 0 Å². The highest BCUT2D eigenvalue weighted by Gasteiger charge is 2.23. The Hall–Kier alpha value is -2.30. The summed E-state index contributed by atoms with van der Waals surface area (Å²) in [6.07, 6.45) is 4.31. The summed E-state index contributed by atoms with van der Waals surface area (Å²) in [7, 11) is 0. The molecule has 0 aliphatic rings. The lowest BCUT2D eigenvalue weighted by molar-refractivity contribution is 0.994. The first kappa shape index (κ1) is 17.8. The predicted octanol–water partition coefficient (Wildman–Crippen LogP) is 7.66. The fraction of sp³-hybridized carbons (Fsp3) is 0.0833. The van der Waals surface area contributed by atoms with Gasteiger partial charge in [0.15, 0.2) is 0 Å². The van der Waals surface area contributed by atoms with Crippen LogP contribution < -0.4 is 0 Å². The third kappa shape index (κ3) is 3.01. The number of rotatable bonds is 3. The van der Waals surface area contributed by atoms with Gasteiger partial charge >= 0.3 is 0 Å². The predicted molar refractivity (Wildman–Crippen MR) is 124 cm³/mol. The Morgan fingerprint density at radius 2 is 1.29 bits per heavy atom. The number of benzene rings is 3. The molecule has 0 radical (unpaired) electrons. The minimum Gasteiger partial charge on any atom is -0.361 e. The van der Waals surface area contributed by atoms with Gasteiger partial charge in [-0.3, -0.25) is 0 Å². The summed E-state index contributed by atoms with van der Waals surface area (Å²) in [5.41, 5.74) is 7.42. The molecule has 2 heterocycles. The molecule has 0 spiro atoms. The minimum atomic E-state index is 0.131. The monoisotopic (exact) mass is 492 g/mol. The van der Waals surface area contributed by atoms with Crippen LogP contribution in [0.1, 0.15) is 28.2 Å². The molecular weight excluding hydrogens is 476 g/mol. The van der Waals surface area contributed by atoms with Crippen LogP contribution in [0.25, 0.3) is 21.8 Å². The molecule has 2 aromatic heterocycles. The van der Waals surface area contributed by atoms with E-state index < -0.39 is 0 Å². The van der Waals surface area contributed by atoms with Gasteiger partial charge in [-0.25, -0.2) is 0 Å². The third-order valence-corrected chi connectivity index (χ3v) is 6.34. The van der Waals surface area contributed by atoms with E-state index >= 15 is 0 Å². The van der Waals surface area contributed by atoms with Crippen molar-refractivity contribution in [3.8, 4) is 0 Å². The van der Waals surface area contributed by atoms with Gasteiger partial charge in [-0.15, -0.1) is 0 Å². The molecule has 0 bridgehead atoms. The highest BCUT2D eigenvalue weighted by atomic mass is 79.9. The van der Waals surface area contributed by atoms with Crippen molar-refractivity contribution in [1.29, 1.82) is 0 Å². The van der Waals surface area contributed by atoms with Crippen molar-refractivity contribution in [2.75, 3.05) is 0 Å². The first-order valence-electron chi connectivity index (χ1n) is 9.20. The van der Waals surface area contributed by atoms with Gasteiger partial charge in [-0.05, 0) is 60.0 Å². The molecule has 0 atom stereocenters. The van der Waals surface area contributed by atoms with Crippen LogP contribution >= 0.6 is 31.9 Å². The van der Waals surface area contributed by atoms with E-state index in [0.717, 1.165) is 20.0 Å². The summed E-state index contributed by atoms with van der Waals surface area (Å²) in [5.74, 6) is 0.131. The van der Waals surface area contributed by atoms with E-state index in [9.17, 15) is 0 Å². The number of nitrogens with one attached hydrogen (secondary N) is 2. The van der Waals surface area contributed by atoms with Gasteiger partial charge in [0.05, 0.1) is 0 Å². The fourth-order valence-electron chi connectivity index (χ4n) is 4.08. The highest BCUT2D eigenvalue weighted by Crippen LogP contribution is 2.40. The molecule has 138 valence electrons. The van der Waals surface area contributed by atoms with Crippen LogP contribution in [0.4, 0.5) is 0 Å². The average Bonchev–Trinajstić information content (AvgIpc) is 3.27. The molecule has 28 heavy (non-hydrogen) atoms. The van der Waals surface area contributed by atoms with Gasteiger partial charge in [0.1, 0.15) is 0 Å². The van der Waals surface area contributed by atoms with E-state index in [1.807, 2.05) is 0 Å². The number of aromatic nitrogens is 2. The molecule has 0 fully saturated rings. The summed E-state index contributed by atoms with van der Waals surface area (Å²) in [4.78, 5) is 6.92. The van der Waals surface area contributed by atoms with Gasteiger partial charge in [0, 0.05) is 49.1 Å². The molecule has 2 N–H and O–H groups in total. The summed E-state index contributed by atoms with van der Waals surface area (Å²) >= 11 is 7.28. The molecule has 0 amide bonds. The van der Waals surface area contributed by atoms with Crippen molar-refractivity contribution < 1.29 is 0 Å². The normalized spacial score (nSPS) is 11.7. The Labute approximate surface area is 180 Å². The van der Waals surface area contributed by atoms with E-state index in [-0.39, 0.29) is 5.92 Å². The average molecular weight is 494 g/mol. The standard InChI is InChI=1S/C24H18Br2N2/c1-14-3-2-4-15(9-14)24(20-12-27-22-7-5-16(25)10-18(20)22)21-13-28-23-8-6-17(26)11-19(21)23/h2-13,24,27-28H,1H3. The van der Waals surface area contributed by atoms with Gasteiger partial charge in [0.2, 0.25) is 0 Å². The number of aromatic amines is 2.